The van der Waals surface area contributed by atoms with E-state index < -0.39 is 10.8 Å². The molecule has 0 aliphatic heterocycles. The summed E-state index contributed by atoms with van der Waals surface area (Å²) in [6, 6.07) is 12.6. The van der Waals surface area contributed by atoms with Gasteiger partial charge < -0.3 is 0 Å². The number of hydrogen-bond donors (Lipinski definition) is 2. The van der Waals surface area contributed by atoms with Crippen LogP contribution >= 0.6 is 22.6 Å². The van der Waals surface area contributed by atoms with Gasteiger partial charge >= 0.3 is 0 Å². The first-order valence-electron chi connectivity index (χ1n) is 8.45. The van der Waals surface area contributed by atoms with E-state index in [0.717, 1.165) is 3.57 Å². The smallest absolute Gasteiger partial charge is 0.280 e. The van der Waals surface area contributed by atoms with Crippen LogP contribution in [0.2, 0.25) is 0 Å². The summed E-state index contributed by atoms with van der Waals surface area (Å²) in [5.41, 5.74) is 4.18. The molecule has 1 aromatic heterocycles. The van der Waals surface area contributed by atoms with Crippen molar-refractivity contribution >= 4 is 39.9 Å². The van der Waals surface area contributed by atoms with E-state index in [0.29, 0.717) is 22.7 Å². The number of rotatable bonds is 5. The number of nitro benzene ring substituents is 1. The monoisotopic (exact) mass is 505 g/mol. The van der Waals surface area contributed by atoms with Crippen LogP contribution in [0.1, 0.15) is 28.5 Å². The minimum absolute atomic E-state index is 0.111. The highest BCUT2D eigenvalue weighted by molar-refractivity contribution is 14.1. The molecule has 0 spiro atoms. The lowest BCUT2D eigenvalue weighted by atomic mass is 10.2. The number of nitro groups is 1. The van der Waals surface area contributed by atoms with Gasteiger partial charge in [0.25, 0.3) is 17.2 Å². The summed E-state index contributed by atoms with van der Waals surface area (Å²) in [4.78, 5) is 35.2. The van der Waals surface area contributed by atoms with E-state index in [9.17, 15) is 19.7 Å². The molecule has 9 nitrogen and oxygen atoms in total. The summed E-state index contributed by atoms with van der Waals surface area (Å²) in [6.45, 7) is 3.36. The largest absolute Gasteiger partial charge is 0.295 e. The summed E-state index contributed by atoms with van der Waals surface area (Å²) in [5.74, 6) is -0.537. The molecule has 1 heterocycles. The molecule has 0 saturated carbocycles. The van der Waals surface area contributed by atoms with E-state index in [2.05, 4.69) is 38.2 Å². The Morgan fingerprint density at radius 2 is 1.79 bits per heavy atom. The van der Waals surface area contributed by atoms with Crippen molar-refractivity contribution in [3.05, 3.63) is 89.4 Å². The molecule has 0 aliphatic carbocycles. The molecule has 1 amide bonds. The van der Waals surface area contributed by atoms with Crippen LogP contribution in [0.15, 0.2) is 58.4 Å². The molecule has 10 heteroatoms. The van der Waals surface area contributed by atoms with E-state index in [-0.39, 0.29) is 16.8 Å². The Labute approximate surface area is 178 Å². The van der Waals surface area contributed by atoms with Gasteiger partial charge in [-0.2, -0.15) is 5.10 Å². The predicted octanol–water partition coefficient (Wildman–Crippen LogP) is 3.14. The van der Waals surface area contributed by atoms with Crippen LogP contribution in [0.25, 0.3) is 5.69 Å². The Hall–Kier alpha value is -3.28. The topological polar surface area (TPSA) is 122 Å². The van der Waals surface area contributed by atoms with Gasteiger partial charge in [-0.3, -0.25) is 24.8 Å². The van der Waals surface area contributed by atoms with Gasteiger partial charge in [0, 0.05) is 27.0 Å². The van der Waals surface area contributed by atoms with Crippen molar-refractivity contribution in [2.45, 2.75) is 13.8 Å². The van der Waals surface area contributed by atoms with E-state index in [4.69, 9.17) is 0 Å². The lowest BCUT2D eigenvalue weighted by Crippen LogP contribution is -2.23. The highest BCUT2D eigenvalue weighted by Gasteiger charge is 2.16. The molecule has 0 bridgehead atoms. The molecular formula is C19H16IN5O4. The Balaban J connectivity index is 1.82. The third-order valence-electron chi connectivity index (χ3n) is 4.18. The number of benzene rings is 2. The summed E-state index contributed by atoms with van der Waals surface area (Å²) in [6.07, 6.45) is 0. The highest BCUT2D eigenvalue weighted by Crippen LogP contribution is 2.13. The molecule has 0 unspecified atom stereocenters. The van der Waals surface area contributed by atoms with Gasteiger partial charge in [-0.05, 0) is 72.8 Å². The highest BCUT2D eigenvalue weighted by atomic mass is 127. The molecule has 3 aromatic rings. The Morgan fingerprint density at radius 3 is 2.38 bits per heavy atom. The van der Waals surface area contributed by atoms with Crippen molar-refractivity contribution in [1.82, 2.24) is 15.2 Å². The van der Waals surface area contributed by atoms with Crippen molar-refractivity contribution < 1.29 is 9.72 Å². The molecule has 2 N–H and O–H groups in total. The maximum Gasteiger partial charge on any atom is 0.280 e. The second kappa shape index (κ2) is 8.39. The minimum atomic E-state index is -0.544. The first-order chi connectivity index (χ1) is 13.8. The van der Waals surface area contributed by atoms with Crippen molar-refractivity contribution in [2.75, 3.05) is 0 Å². The SMILES string of the molecule is C/C(=N/NC(=O)c1ccc([N+](=O)[O-])cc1)c1c(C)[nH]n(-c2ccc(I)cc2)c1=O. The average molecular weight is 505 g/mol. The van der Waals surface area contributed by atoms with Gasteiger partial charge in [0.15, 0.2) is 0 Å². The third kappa shape index (κ3) is 4.42. The van der Waals surface area contributed by atoms with Crippen LogP contribution in [0.3, 0.4) is 0 Å². The van der Waals surface area contributed by atoms with Gasteiger partial charge in [-0.15, -0.1) is 0 Å². The Kier molecular flexibility index (Phi) is 5.92. The number of carbonyl (C=O) groups is 1. The van der Waals surface area contributed by atoms with Crippen LogP contribution in [0, 0.1) is 20.6 Å². The van der Waals surface area contributed by atoms with Crippen LogP contribution in [-0.2, 0) is 0 Å². The molecule has 0 atom stereocenters. The van der Waals surface area contributed by atoms with Crippen molar-refractivity contribution in [3.8, 4) is 5.69 Å². The van der Waals surface area contributed by atoms with Crippen LogP contribution in [-0.4, -0.2) is 26.3 Å². The van der Waals surface area contributed by atoms with Crippen molar-refractivity contribution in [1.29, 1.82) is 0 Å². The number of hydrogen-bond acceptors (Lipinski definition) is 5. The van der Waals surface area contributed by atoms with Crippen molar-refractivity contribution in [2.24, 2.45) is 5.10 Å². The van der Waals surface area contributed by atoms with Gasteiger partial charge in [0.05, 0.1) is 21.9 Å². The standard InChI is InChI=1S/C19H16IN5O4/c1-11(21-22-18(26)13-3-7-16(8-4-13)25(28)29)17-12(2)23-24(19(17)27)15-9-5-14(20)6-10-15/h3-10,23H,1-2H3,(H,22,26)/b21-11-. The normalized spacial score (nSPS) is 11.3. The van der Waals surface area contributed by atoms with E-state index in [1.54, 1.807) is 13.8 Å². The first kappa shape index (κ1) is 20.5. The number of carbonyl (C=O) groups excluding carboxylic acids is 1. The molecule has 2 aromatic carbocycles. The fraction of sp³-hybridized carbons (Fsp3) is 0.105. The fourth-order valence-corrected chi connectivity index (χ4v) is 3.09. The lowest BCUT2D eigenvalue weighted by Gasteiger charge is -2.02. The summed E-state index contributed by atoms with van der Waals surface area (Å²) >= 11 is 2.18. The van der Waals surface area contributed by atoms with Gasteiger partial charge in [-0.25, -0.2) is 10.1 Å². The van der Waals surface area contributed by atoms with E-state index in [1.165, 1.54) is 28.9 Å². The third-order valence-corrected chi connectivity index (χ3v) is 4.90. The number of amides is 1. The average Bonchev–Trinajstić information content (AvgIpc) is 3.00. The van der Waals surface area contributed by atoms with Crippen LogP contribution in [0.5, 0.6) is 0 Å². The summed E-state index contributed by atoms with van der Waals surface area (Å²) in [5, 5.41) is 17.7. The van der Waals surface area contributed by atoms with Gasteiger partial charge in [-0.1, -0.05) is 0 Å². The maximum atomic E-state index is 12.8. The molecule has 0 fully saturated rings. The Morgan fingerprint density at radius 1 is 1.17 bits per heavy atom. The molecule has 29 heavy (non-hydrogen) atoms. The fourth-order valence-electron chi connectivity index (χ4n) is 2.73. The number of nitrogens with zero attached hydrogens (tertiary/aromatic N) is 3. The zero-order chi connectivity index (χ0) is 21.1. The zero-order valence-electron chi connectivity index (χ0n) is 15.5. The number of aromatic nitrogens is 2. The number of non-ortho nitro benzene ring substituents is 1. The van der Waals surface area contributed by atoms with Gasteiger partial charge in [0.1, 0.15) is 0 Å². The quantitative estimate of drug-likeness (QED) is 0.240. The molecule has 0 saturated heterocycles. The Bertz CT molecular complexity index is 1160. The molecule has 148 valence electrons. The van der Waals surface area contributed by atoms with Gasteiger partial charge in [0.2, 0.25) is 0 Å². The van der Waals surface area contributed by atoms with Crippen molar-refractivity contribution in [3.63, 3.8) is 0 Å². The predicted molar refractivity (Wildman–Crippen MR) is 117 cm³/mol. The number of hydrazone groups is 1. The minimum Gasteiger partial charge on any atom is -0.295 e. The van der Waals surface area contributed by atoms with Crippen LogP contribution < -0.4 is 11.0 Å². The number of nitrogens with one attached hydrogen (secondary N) is 2. The van der Waals surface area contributed by atoms with E-state index in [1.807, 2.05) is 24.3 Å². The summed E-state index contributed by atoms with van der Waals surface area (Å²) < 4.78 is 2.47. The van der Waals surface area contributed by atoms with E-state index >= 15 is 0 Å². The first-order valence-corrected chi connectivity index (χ1v) is 9.53. The molecule has 3 rings (SSSR count). The number of H-pyrrole nitrogens is 1. The molecule has 0 radical (unpaired) electrons. The van der Waals surface area contributed by atoms with Crippen LogP contribution in [0.4, 0.5) is 5.69 Å². The number of halogens is 1. The lowest BCUT2D eigenvalue weighted by molar-refractivity contribution is -0.384. The molecular weight excluding hydrogens is 489 g/mol. The second-order valence-electron chi connectivity index (χ2n) is 6.17. The summed E-state index contributed by atoms with van der Waals surface area (Å²) in [7, 11) is 0. The number of aryl methyl sites for hydroxylation is 1. The maximum absolute atomic E-state index is 12.8. The molecule has 0 aliphatic rings. The zero-order valence-corrected chi connectivity index (χ0v) is 17.6. The second-order valence-corrected chi connectivity index (χ2v) is 7.42. The number of aromatic amines is 1.